The van der Waals surface area contributed by atoms with E-state index in [2.05, 4.69) is 5.10 Å². The van der Waals surface area contributed by atoms with Crippen molar-refractivity contribution < 1.29 is 9.84 Å². The molecule has 0 aliphatic heterocycles. The van der Waals surface area contributed by atoms with E-state index in [-0.39, 0.29) is 0 Å². The van der Waals surface area contributed by atoms with Crippen LogP contribution in [0.3, 0.4) is 0 Å². The van der Waals surface area contributed by atoms with Crippen molar-refractivity contribution in [2.75, 3.05) is 7.11 Å². The molecule has 4 nitrogen and oxygen atoms in total. The van der Waals surface area contributed by atoms with Gasteiger partial charge in [0.05, 0.1) is 18.9 Å². The smallest absolute Gasteiger partial charge is 0.129 e. The highest BCUT2D eigenvalue weighted by Crippen LogP contribution is 2.28. The molecule has 2 aromatic heterocycles. The number of hydrogen-bond acceptors (Lipinski definition) is 4. The minimum Gasteiger partial charge on any atom is -0.496 e. The molecule has 2 rings (SSSR count). The Labute approximate surface area is 104 Å². The third-order valence-corrected chi connectivity index (χ3v) is 3.67. The number of aryl methyl sites for hydroxylation is 2. The zero-order chi connectivity index (χ0) is 12.4. The molecule has 2 heterocycles. The SMILES string of the molecule is COc1csc(C(O)Cc2cc(C)nn2C)c1. The van der Waals surface area contributed by atoms with Crippen molar-refractivity contribution in [2.45, 2.75) is 19.4 Å². The fourth-order valence-corrected chi connectivity index (χ4v) is 2.61. The second-order valence-corrected chi connectivity index (χ2v) is 4.95. The quantitative estimate of drug-likeness (QED) is 0.906. The molecule has 1 unspecified atom stereocenters. The van der Waals surface area contributed by atoms with Crippen molar-refractivity contribution >= 4 is 11.3 Å². The van der Waals surface area contributed by atoms with Gasteiger partial charge in [-0.2, -0.15) is 5.10 Å². The summed E-state index contributed by atoms with van der Waals surface area (Å²) in [5.74, 6) is 0.797. The maximum atomic E-state index is 10.1. The van der Waals surface area contributed by atoms with Gasteiger partial charge in [0.2, 0.25) is 0 Å². The van der Waals surface area contributed by atoms with E-state index in [0.29, 0.717) is 6.42 Å². The van der Waals surface area contributed by atoms with Crippen molar-refractivity contribution in [3.05, 3.63) is 33.8 Å². The van der Waals surface area contributed by atoms with Gasteiger partial charge in [-0.05, 0) is 19.1 Å². The second kappa shape index (κ2) is 4.89. The van der Waals surface area contributed by atoms with Crippen LogP contribution in [0.15, 0.2) is 17.5 Å². The number of aromatic nitrogens is 2. The fraction of sp³-hybridized carbons (Fsp3) is 0.417. The Balaban J connectivity index is 2.10. The summed E-state index contributed by atoms with van der Waals surface area (Å²) in [5.41, 5.74) is 2.00. The molecule has 92 valence electrons. The van der Waals surface area contributed by atoms with E-state index in [1.807, 2.05) is 36.2 Å². The normalized spacial score (nSPS) is 12.7. The molecule has 0 aliphatic rings. The summed E-state index contributed by atoms with van der Waals surface area (Å²) in [6.45, 7) is 1.95. The Hall–Kier alpha value is -1.33. The van der Waals surface area contributed by atoms with Crippen molar-refractivity contribution in [1.82, 2.24) is 9.78 Å². The summed E-state index contributed by atoms with van der Waals surface area (Å²) in [4.78, 5) is 0.917. The molecule has 0 aliphatic carbocycles. The van der Waals surface area contributed by atoms with Crippen LogP contribution in [-0.2, 0) is 13.5 Å². The standard InChI is InChI=1S/C12H16N2O2S/c1-8-4-9(14(2)13-8)5-11(15)12-6-10(16-3)7-17-12/h4,6-7,11,15H,5H2,1-3H3. The molecule has 0 aromatic carbocycles. The first-order valence-electron chi connectivity index (χ1n) is 5.40. The number of aliphatic hydroxyl groups is 1. The van der Waals surface area contributed by atoms with Gasteiger partial charge >= 0.3 is 0 Å². The van der Waals surface area contributed by atoms with Gasteiger partial charge in [0.25, 0.3) is 0 Å². The summed E-state index contributed by atoms with van der Waals surface area (Å²) in [5, 5.41) is 16.3. The van der Waals surface area contributed by atoms with Gasteiger partial charge in [0, 0.05) is 29.4 Å². The van der Waals surface area contributed by atoms with Crippen LogP contribution in [0, 0.1) is 6.92 Å². The Morgan fingerprint density at radius 2 is 2.29 bits per heavy atom. The van der Waals surface area contributed by atoms with Crippen LogP contribution >= 0.6 is 11.3 Å². The zero-order valence-electron chi connectivity index (χ0n) is 10.2. The van der Waals surface area contributed by atoms with Gasteiger partial charge in [0.1, 0.15) is 5.75 Å². The van der Waals surface area contributed by atoms with E-state index in [0.717, 1.165) is 22.0 Å². The van der Waals surface area contributed by atoms with E-state index in [1.54, 1.807) is 7.11 Å². The van der Waals surface area contributed by atoms with Gasteiger partial charge in [-0.3, -0.25) is 4.68 Å². The van der Waals surface area contributed by atoms with E-state index in [1.165, 1.54) is 11.3 Å². The number of rotatable bonds is 4. The predicted molar refractivity (Wildman–Crippen MR) is 67.5 cm³/mol. The molecular weight excluding hydrogens is 236 g/mol. The highest BCUT2D eigenvalue weighted by molar-refractivity contribution is 7.10. The summed E-state index contributed by atoms with van der Waals surface area (Å²) in [6.07, 6.45) is 0.0692. The summed E-state index contributed by atoms with van der Waals surface area (Å²) >= 11 is 1.51. The lowest BCUT2D eigenvalue weighted by Crippen LogP contribution is -2.05. The average molecular weight is 252 g/mol. The van der Waals surface area contributed by atoms with Gasteiger partial charge in [-0.25, -0.2) is 0 Å². The molecular formula is C12H16N2O2S. The molecule has 0 saturated heterocycles. The average Bonchev–Trinajstić information content (AvgIpc) is 2.86. The Morgan fingerprint density at radius 1 is 1.53 bits per heavy atom. The molecule has 17 heavy (non-hydrogen) atoms. The molecule has 0 bridgehead atoms. The molecule has 0 fully saturated rings. The Kier molecular flexibility index (Phi) is 3.49. The van der Waals surface area contributed by atoms with Crippen LogP contribution < -0.4 is 4.74 Å². The van der Waals surface area contributed by atoms with Crippen LogP contribution in [0.25, 0.3) is 0 Å². The lowest BCUT2D eigenvalue weighted by atomic mass is 10.1. The lowest BCUT2D eigenvalue weighted by Gasteiger charge is -2.08. The molecule has 0 radical (unpaired) electrons. The van der Waals surface area contributed by atoms with Crippen molar-refractivity contribution in [3.8, 4) is 5.75 Å². The van der Waals surface area contributed by atoms with Crippen LogP contribution in [0.2, 0.25) is 0 Å². The van der Waals surface area contributed by atoms with Gasteiger partial charge in [0.15, 0.2) is 0 Å². The first kappa shape index (κ1) is 12.1. The van der Waals surface area contributed by atoms with Crippen LogP contribution in [0.5, 0.6) is 5.75 Å². The van der Waals surface area contributed by atoms with Crippen LogP contribution in [0.1, 0.15) is 22.4 Å². The van der Waals surface area contributed by atoms with Crippen molar-refractivity contribution in [1.29, 1.82) is 0 Å². The molecule has 0 amide bonds. The van der Waals surface area contributed by atoms with Crippen molar-refractivity contribution in [3.63, 3.8) is 0 Å². The van der Waals surface area contributed by atoms with Gasteiger partial charge in [-0.15, -0.1) is 11.3 Å². The molecule has 5 heteroatoms. The Bertz CT molecular complexity index is 504. The fourth-order valence-electron chi connectivity index (χ4n) is 1.77. The minimum absolute atomic E-state index is 0.501. The number of hydrogen-bond donors (Lipinski definition) is 1. The maximum absolute atomic E-state index is 10.1. The highest BCUT2D eigenvalue weighted by atomic mass is 32.1. The van der Waals surface area contributed by atoms with E-state index in [9.17, 15) is 5.11 Å². The molecule has 1 atom stereocenters. The summed E-state index contributed by atoms with van der Waals surface area (Å²) in [7, 11) is 3.52. The number of ether oxygens (including phenoxy) is 1. The highest BCUT2D eigenvalue weighted by Gasteiger charge is 2.14. The van der Waals surface area contributed by atoms with E-state index < -0.39 is 6.10 Å². The lowest BCUT2D eigenvalue weighted by molar-refractivity contribution is 0.179. The van der Waals surface area contributed by atoms with Crippen LogP contribution in [-0.4, -0.2) is 22.0 Å². The predicted octanol–water partition coefficient (Wildman–Crippen LogP) is 2.07. The third-order valence-electron chi connectivity index (χ3n) is 2.66. The Morgan fingerprint density at radius 3 is 2.82 bits per heavy atom. The summed E-state index contributed by atoms with van der Waals surface area (Å²) < 4.78 is 6.91. The van der Waals surface area contributed by atoms with Gasteiger partial charge in [-0.1, -0.05) is 0 Å². The topological polar surface area (TPSA) is 47.3 Å². The number of aliphatic hydroxyl groups excluding tert-OH is 1. The second-order valence-electron chi connectivity index (χ2n) is 4.01. The van der Waals surface area contributed by atoms with Crippen molar-refractivity contribution in [2.24, 2.45) is 7.05 Å². The zero-order valence-corrected chi connectivity index (χ0v) is 11.0. The third kappa shape index (κ3) is 2.68. The number of nitrogens with zero attached hydrogens (tertiary/aromatic N) is 2. The first-order chi connectivity index (χ1) is 8.10. The monoisotopic (exact) mass is 252 g/mol. The molecule has 0 spiro atoms. The molecule has 2 aromatic rings. The van der Waals surface area contributed by atoms with E-state index >= 15 is 0 Å². The minimum atomic E-state index is -0.501. The molecule has 0 saturated carbocycles. The first-order valence-corrected chi connectivity index (χ1v) is 6.28. The van der Waals surface area contributed by atoms with E-state index in [4.69, 9.17) is 4.74 Å². The molecule has 1 N–H and O–H groups in total. The van der Waals surface area contributed by atoms with Crippen LogP contribution in [0.4, 0.5) is 0 Å². The summed E-state index contributed by atoms with van der Waals surface area (Å²) in [6, 6.07) is 3.87. The maximum Gasteiger partial charge on any atom is 0.129 e. The number of thiophene rings is 1. The number of methoxy groups -OCH3 is 1. The largest absolute Gasteiger partial charge is 0.496 e. The van der Waals surface area contributed by atoms with Gasteiger partial charge < -0.3 is 9.84 Å².